The summed E-state index contributed by atoms with van der Waals surface area (Å²) in [5.41, 5.74) is 4.75. The van der Waals surface area contributed by atoms with Crippen molar-refractivity contribution in [1.82, 2.24) is 14.8 Å². The first-order valence-corrected chi connectivity index (χ1v) is 10.4. The van der Waals surface area contributed by atoms with Crippen molar-refractivity contribution >= 4 is 16.8 Å². The summed E-state index contributed by atoms with van der Waals surface area (Å²) in [6, 6.07) is 18.9. The van der Waals surface area contributed by atoms with E-state index in [2.05, 4.69) is 34.1 Å². The van der Waals surface area contributed by atoms with Crippen LogP contribution in [0.1, 0.15) is 34.5 Å². The molecule has 2 aromatic carbocycles. The van der Waals surface area contributed by atoms with Crippen LogP contribution in [0.2, 0.25) is 0 Å². The molecule has 0 aliphatic carbocycles. The summed E-state index contributed by atoms with van der Waals surface area (Å²) in [4.78, 5) is 20.8. The number of rotatable bonds is 3. The van der Waals surface area contributed by atoms with Crippen molar-refractivity contribution in [3.05, 3.63) is 71.4 Å². The van der Waals surface area contributed by atoms with E-state index in [1.165, 1.54) is 11.1 Å². The molecule has 1 amide bonds. The third-order valence-electron chi connectivity index (χ3n) is 6.39. The highest BCUT2D eigenvalue weighted by molar-refractivity contribution is 5.98. The minimum Gasteiger partial charge on any atom is -0.351 e. The van der Waals surface area contributed by atoms with Crippen molar-refractivity contribution in [2.75, 3.05) is 26.2 Å². The number of hydrogen-bond acceptors (Lipinski definition) is 2. The van der Waals surface area contributed by atoms with Crippen LogP contribution in [0.3, 0.4) is 0 Å². The summed E-state index contributed by atoms with van der Waals surface area (Å²) in [6.07, 6.45) is 3.36. The molecule has 3 heterocycles. The maximum absolute atomic E-state index is 12.9. The molecule has 4 nitrogen and oxygen atoms in total. The third-order valence-corrected chi connectivity index (χ3v) is 6.39. The number of fused-ring (bicyclic) bond motifs is 2. The maximum Gasteiger partial charge on any atom is 0.270 e. The Morgan fingerprint density at radius 2 is 1.71 bits per heavy atom. The van der Waals surface area contributed by atoms with Gasteiger partial charge in [-0.3, -0.25) is 9.69 Å². The topological polar surface area (TPSA) is 39.3 Å². The quantitative estimate of drug-likeness (QED) is 0.751. The molecule has 0 bridgehead atoms. The summed E-state index contributed by atoms with van der Waals surface area (Å²) in [7, 11) is 0. The van der Waals surface area contributed by atoms with Gasteiger partial charge in [0, 0.05) is 43.6 Å². The van der Waals surface area contributed by atoms with Crippen LogP contribution in [0.15, 0.2) is 54.6 Å². The summed E-state index contributed by atoms with van der Waals surface area (Å²) in [5.74, 6) is 0.832. The fourth-order valence-corrected chi connectivity index (χ4v) is 4.75. The van der Waals surface area contributed by atoms with E-state index in [1.807, 2.05) is 35.2 Å². The van der Waals surface area contributed by atoms with Crippen molar-refractivity contribution in [3.63, 3.8) is 0 Å². The zero-order chi connectivity index (χ0) is 18.9. The average Bonchev–Trinajstić information content (AvgIpc) is 3.18. The second kappa shape index (κ2) is 7.44. The van der Waals surface area contributed by atoms with Crippen molar-refractivity contribution in [1.29, 1.82) is 0 Å². The van der Waals surface area contributed by atoms with Crippen molar-refractivity contribution in [2.45, 2.75) is 25.8 Å². The van der Waals surface area contributed by atoms with Crippen LogP contribution < -0.4 is 0 Å². The van der Waals surface area contributed by atoms with Gasteiger partial charge in [-0.05, 0) is 48.4 Å². The summed E-state index contributed by atoms with van der Waals surface area (Å²) < 4.78 is 0. The zero-order valence-electron chi connectivity index (χ0n) is 16.2. The number of likely N-dealkylation sites (tertiary alicyclic amines) is 1. The molecule has 2 aliphatic heterocycles. The van der Waals surface area contributed by atoms with E-state index >= 15 is 0 Å². The molecule has 0 spiro atoms. The number of benzene rings is 2. The number of nitrogens with zero attached hydrogens (tertiary/aromatic N) is 2. The molecule has 1 fully saturated rings. The summed E-state index contributed by atoms with van der Waals surface area (Å²) in [5, 5.41) is 1.10. The van der Waals surface area contributed by atoms with Crippen LogP contribution >= 0.6 is 0 Å². The van der Waals surface area contributed by atoms with Gasteiger partial charge in [-0.25, -0.2) is 0 Å². The molecule has 1 saturated heterocycles. The number of amides is 1. The van der Waals surface area contributed by atoms with E-state index in [9.17, 15) is 4.79 Å². The van der Waals surface area contributed by atoms with Crippen molar-refractivity contribution < 1.29 is 4.79 Å². The molecule has 1 N–H and O–H groups in total. The normalized spacial score (nSPS) is 18.4. The Morgan fingerprint density at radius 1 is 0.964 bits per heavy atom. The molecule has 5 rings (SSSR count). The van der Waals surface area contributed by atoms with Gasteiger partial charge in [0.05, 0.1) is 0 Å². The van der Waals surface area contributed by atoms with Gasteiger partial charge in [0.25, 0.3) is 5.91 Å². The number of piperidine rings is 1. The predicted molar refractivity (Wildman–Crippen MR) is 112 cm³/mol. The zero-order valence-corrected chi connectivity index (χ0v) is 16.2. The molecule has 2 aliphatic rings. The van der Waals surface area contributed by atoms with E-state index in [0.717, 1.165) is 62.9 Å². The highest BCUT2D eigenvalue weighted by Gasteiger charge is 2.26. The van der Waals surface area contributed by atoms with Gasteiger partial charge < -0.3 is 9.88 Å². The monoisotopic (exact) mass is 373 g/mol. The number of aromatic amines is 1. The van der Waals surface area contributed by atoms with E-state index in [4.69, 9.17) is 0 Å². The molecule has 28 heavy (non-hydrogen) atoms. The Morgan fingerprint density at radius 3 is 2.54 bits per heavy atom. The Bertz CT molecular complexity index is 951. The SMILES string of the molecule is O=C(c1cc2ccccc2[nH]1)N1CCC(CN2CCc3ccccc3C2)CC1. The first kappa shape index (κ1) is 17.5. The molecule has 3 aromatic rings. The van der Waals surface area contributed by atoms with Gasteiger partial charge in [-0.15, -0.1) is 0 Å². The number of nitrogens with one attached hydrogen (secondary N) is 1. The second-order valence-corrected chi connectivity index (χ2v) is 8.26. The Labute approximate surface area is 166 Å². The van der Waals surface area contributed by atoms with Crippen LogP contribution in [-0.2, 0) is 13.0 Å². The van der Waals surface area contributed by atoms with E-state index in [0.29, 0.717) is 11.6 Å². The first-order chi connectivity index (χ1) is 13.8. The Balaban J connectivity index is 1.17. The standard InChI is InChI=1S/C24H27N3O/c28-24(23-15-20-6-3-4-8-22(20)25-23)27-13-9-18(10-14-27)16-26-12-11-19-5-1-2-7-21(19)17-26/h1-8,15,18,25H,9-14,16-17H2. The molecule has 4 heteroatoms. The smallest absolute Gasteiger partial charge is 0.270 e. The van der Waals surface area contributed by atoms with Gasteiger partial charge in [0.1, 0.15) is 5.69 Å². The maximum atomic E-state index is 12.9. The number of hydrogen-bond donors (Lipinski definition) is 1. The highest BCUT2D eigenvalue weighted by atomic mass is 16.2. The van der Waals surface area contributed by atoms with Crippen molar-refractivity contribution in [2.24, 2.45) is 5.92 Å². The molecule has 0 saturated carbocycles. The highest BCUT2D eigenvalue weighted by Crippen LogP contribution is 2.25. The van der Waals surface area contributed by atoms with E-state index in [1.54, 1.807) is 0 Å². The fraction of sp³-hybridized carbons (Fsp3) is 0.375. The lowest BCUT2D eigenvalue weighted by molar-refractivity contribution is 0.0658. The molecular formula is C24H27N3O. The van der Waals surface area contributed by atoms with Crippen LogP contribution in [-0.4, -0.2) is 46.9 Å². The fourth-order valence-electron chi connectivity index (χ4n) is 4.75. The van der Waals surface area contributed by atoms with Crippen molar-refractivity contribution in [3.8, 4) is 0 Å². The lowest BCUT2D eigenvalue weighted by atomic mass is 9.93. The lowest BCUT2D eigenvalue weighted by Gasteiger charge is -2.36. The van der Waals surface area contributed by atoms with Gasteiger partial charge in [0.2, 0.25) is 0 Å². The molecule has 1 aromatic heterocycles. The number of para-hydroxylation sites is 1. The molecule has 0 unspecified atom stereocenters. The van der Waals surface area contributed by atoms with Gasteiger partial charge >= 0.3 is 0 Å². The molecule has 0 atom stereocenters. The number of carbonyl (C=O) groups excluding carboxylic acids is 1. The van der Waals surface area contributed by atoms with E-state index in [-0.39, 0.29) is 5.91 Å². The lowest BCUT2D eigenvalue weighted by Crippen LogP contribution is -2.42. The number of carbonyl (C=O) groups is 1. The largest absolute Gasteiger partial charge is 0.351 e. The second-order valence-electron chi connectivity index (χ2n) is 8.26. The first-order valence-electron chi connectivity index (χ1n) is 10.4. The van der Waals surface area contributed by atoms with Gasteiger partial charge in [-0.1, -0.05) is 42.5 Å². The Hall–Kier alpha value is -2.59. The van der Waals surface area contributed by atoms with Crippen LogP contribution in [0.25, 0.3) is 10.9 Å². The summed E-state index contributed by atoms with van der Waals surface area (Å²) >= 11 is 0. The Kier molecular flexibility index (Phi) is 4.65. The molecule has 0 radical (unpaired) electrons. The van der Waals surface area contributed by atoms with Crippen LogP contribution in [0, 0.1) is 5.92 Å². The molecule has 144 valence electrons. The predicted octanol–water partition coefficient (Wildman–Crippen LogP) is 4.08. The number of aromatic nitrogens is 1. The minimum absolute atomic E-state index is 0.140. The van der Waals surface area contributed by atoms with Crippen LogP contribution in [0.4, 0.5) is 0 Å². The third kappa shape index (κ3) is 3.45. The van der Waals surface area contributed by atoms with Crippen LogP contribution in [0.5, 0.6) is 0 Å². The average molecular weight is 374 g/mol. The summed E-state index contributed by atoms with van der Waals surface area (Å²) in [6.45, 7) is 5.12. The van der Waals surface area contributed by atoms with E-state index < -0.39 is 0 Å². The van der Waals surface area contributed by atoms with Gasteiger partial charge in [-0.2, -0.15) is 0 Å². The van der Waals surface area contributed by atoms with Gasteiger partial charge in [0.15, 0.2) is 0 Å². The number of H-pyrrole nitrogens is 1. The molecular weight excluding hydrogens is 346 g/mol. The minimum atomic E-state index is 0.140.